The van der Waals surface area contributed by atoms with Gasteiger partial charge >= 0.3 is 0 Å². The maximum absolute atomic E-state index is 12.7. The Morgan fingerprint density at radius 1 is 1.42 bits per heavy atom. The number of nitrogens with zero attached hydrogens (tertiary/aromatic N) is 2. The third-order valence-corrected chi connectivity index (χ3v) is 5.01. The summed E-state index contributed by atoms with van der Waals surface area (Å²) in [6.07, 6.45) is 0.820. The van der Waals surface area contributed by atoms with Crippen LogP contribution in [0.25, 0.3) is 11.3 Å². The molecule has 0 saturated carbocycles. The van der Waals surface area contributed by atoms with Gasteiger partial charge in [0.05, 0.1) is 17.2 Å². The topological polar surface area (TPSA) is 96.5 Å². The maximum Gasteiger partial charge on any atom is 0.253 e. The van der Waals surface area contributed by atoms with Crippen LogP contribution in [-0.2, 0) is 4.79 Å². The van der Waals surface area contributed by atoms with Gasteiger partial charge in [-0.1, -0.05) is 12.1 Å². The van der Waals surface area contributed by atoms with Gasteiger partial charge in [-0.2, -0.15) is 0 Å². The number of hydrogen-bond acceptors (Lipinski definition) is 5. The number of carbonyl (C=O) groups is 2. The van der Waals surface area contributed by atoms with Crippen molar-refractivity contribution in [3.63, 3.8) is 0 Å². The van der Waals surface area contributed by atoms with Crippen molar-refractivity contribution >= 4 is 23.2 Å². The van der Waals surface area contributed by atoms with Crippen molar-refractivity contribution in [1.82, 2.24) is 9.88 Å². The lowest BCUT2D eigenvalue weighted by molar-refractivity contribution is -0.140. The molecule has 0 bridgehead atoms. The molecule has 24 heavy (non-hydrogen) atoms. The standard InChI is InChI=1S/C17H19N3O3S/c1-11-19-14(9-24-11)12-4-2-5-13(8-12)15(21)20-7-3-6-17(23,10-20)16(18)22/h2,4-5,8-9,23H,3,6-7,10H2,1H3,(H2,18,22). The number of hydrogen-bond donors (Lipinski definition) is 2. The molecule has 1 atom stereocenters. The Morgan fingerprint density at radius 3 is 2.88 bits per heavy atom. The quantitative estimate of drug-likeness (QED) is 0.882. The van der Waals surface area contributed by atoms with E-state index in [4.69, 9.17) is 5.73 Å². The summed E-state index contributed by atoms with van der Waals surface area (Å²) in [6.45, 7) is 2.36. The van der Waals surface area contributed by atoms with Crippen molar-refractivity contribution in [2.45, 2.75) is 25.4 Å². The summed E-state index contributed by atoms with van der Waals surface area (Å²) in [5.41, 5.74) is 5.84. The van der Waals surface area contributed by atoms with Crippen molar-refractivity contribution < 1.29 is 14.7 Å². The fourth-order valence-electron chi connectivity index (χ4n) is 2.90. The molecule has 0 spiro atoms. The first kappa shape index (κ1) is 16.6. The van der Waals surface area contributed by atoms with Crippen LogP contribution < -0.4 is 5.73 Å². The Balaban J connectivity index is 1.84. The largest absolute Gasteiger partial charge is 0.378 e. The normalized spacial score (nSPS) is 20.8. The van der Waals surface area contributed by atoms with E-state index in [1.165, 1.54) is 4.90 Å². The van der Waals surface area contributed by atoms with Crippen molar-refractivity contribution in [2.75, 3.05) is 13.1 Å². The number of aromatic nitrogens is 1. The van der Waals surface area contributed by atoms with E-state index in [1.54, 1.807) is 23.5 Å². The fourth-order valence-corrected chi connectivity index (χ4v) is 3.52. The van der Waals surface area contributed by atoms with Gasteiger partial charge in [0.25, 0.3) is 11.8 Å². The van der Waals surface area contributed by atoms with Gasteiger partial charge in [0.15, 0.2) is 5.60 Å². The van der Waals surface area contributed by atoms with Gasteiger partial charge in [-0.25, -0.2) is 4.98 Å². The number of piperidine rings is 1. The lowest BCUT2D eigenvalue weighted by Crippen LogP contribution is -2.57. The van der Waals surface area contributed by atoms with Crippen molar-refractivity contribution in [3.8, 4) is 11.3 Å². The Morgan fingerprint density at radius 2 is 2.21 bits per heavy atom. The van der Waals surface area contributed by atoms with Gasteiger partial charge in [0.2, 0.25) is 0 Å². The maximum atomic E-state index is 12.7. The summed E-state index contributed by atoms with van der Waals surface area (Å²) < 4.78 is 0. The van der Waals surface area contributed by atoms with Crippen LogP contribution in [0.2, 0.25) is 0 Å². The second-order valence-corrected chi connectivity index (χ2v) is 7.12. The molecule has 1 aliphatic heterocycles. The number of aryl methyl sites for hydroxylation is 1. The van der Waals surface area contributed by atoms with E-state index in [1.807, 2.05) is 24.4 Å². The zero-order valence-electron chi connectivity index (χ0n) is 13.4. The third-order valence-electron chi connectivity index (χ3n) is 4.24. The summed E-state index contributed by atoms with van der Waals surface area (Å²) >= 11 is 1.55. The Bertz CT molecular complexity index is 789. The highest BCUT2D eigenvalue weighted by Crippen LogP contribution is 2.25. The highest BCUT2D eigenvalue weighted by atomic mass is 32.1. The second-order valence-electron chi connectivity index (χ2n) is 6.06. The molecule has 7 heteroatoms. The number of aliphatic hydroxyl groups is 1. The number of thiazole rings is 1. The highest BCUT2D eigenvalue weighted by molar-refractivity contribution is 7.09. The zero-order valence-corrected chi connectivity index (χ0v) is 14.2. The summed E-state index contributed by atoms with van der Waals surface area (Å²) in [7, 11) is 0. The zero-order chi connectivity index (χ0) is 17.3. The number of nitrogens with two attached hydrogens (primary N) is 1. The molecule has 1 fully saturated rings. The summed E-state index contributed by atoms with van der Waals surface area (Å²) in [5.74, 6) is -1.00. The average molecular weight is 345 g/mol. The predicted molar refractivity (Wildman–Crippen MR) is 91.6 cm³/mol. The van der Waals surface area contributed by atoms with Crippen LogP contribution in [0, 0.1) is 6.92 Å². The molecule has 3 N–H and O–H groups in total. The van der Waals surface area contributed by atoms with Crippen molar-refractivity contribution in [2.24, 2.45) is 5.73 Å². The fraction of sp³-hybridized carbons (Fsp3) is 0.353. The molecular formula is C17H19N3O3S. The van der Waals surface area contributed by atoms with Crippen molar-refractivity contribution in [3.05, 3.63) is 40.2 Å². The van der Waals surface area contributed by atoms with E-state index in [2.05, 4.69) is 4.98 Å². The Kier molecular flexibility index (Phi) is 4.38. The number of carbonyl (C=O) groups excluding carboxylic acids is 2. The van der Waals surface area contributed by atoms with E-state index in [0.29, 0.717) is 18.5 Å². The molecule has 1 aliphatic rings. The molecule has 1 saturated heterocycles. The number of amides is 2. The average Bonchev–Trinajstić information content (AvgIpc) is 3.01. The highest BCUT2D eigenvalue weighted by Gasteiger charge is 2.40. The van der Waals surface area contributed by atoms with Gasteiger partial charge in [0.1, 0.15) is 0 Å². The van der Waals surface area contributed by atoms with Crippen LogP contribution in [-0.4, -0.2) is 45.5 Å². The van der Waals surface area contributed by atoms with E-state index in [9.17, 15) is 14.7 Å². The number of primary amides is 1. The minimum atomic E-state index is -1.64. The van der Waals surface area contributed by atoms with Crippen LogP contribution >= 0.6 is 11.3 Å². The molecule has 6 nitrogen and oxygen atoms in total. The van der Waals surface area contributed by atoms with Gasteiger partial charge in [-0.05, 0) is 31.9 Å². The molecule has 2 amide bonds. The molecule has 1 unspecified atom stereocenters. The van der Waals surface area contributed by atoms with Crippen LogP contribution in [0.4, 0.5) is 0 Å². The summed E-state index contributed by atoms with van der Waals surface area (Å²) in [4.78, 5) is 30.1. The van der Waals surface area contributed by atoms with Crippen molar-refractivity contribution in [1.29, 1.82) is 0 Å². The first-order valence-corrected chi connectivity index (χ1v) is 8.61. The molecule has 1 aromatic carbocycles. The molecule has 2 heterocycles. The molecule has 126 valence electrons. The summed E-state index contributed by atoms with van der Waals surface area (Å²) in [6, 6.07) is 7.22. The molecule has 0 aliphatic carbocycles. The minimum Gasteiger partial charge on any atom is -0.378 e. The summed E-state index contributed by atoms with van der Waals surface area (Å²) in [5, 5.41) is 13.2. The van der Waals surface area contributed by atoms with Crippen LogP contribution in [0.3, 0.4) is 0 Å². The lowest BCUT2D eigenvalue weighted by atomic mass is 9.91. The van der Waals surface area contributed by atoms with Gasteiger partial charge in [-0.15, -0.1) is 11.3 Å². The lowest BCUT2D eigenvalue weighted by Gasteiger charge is -2.37. The Labute approximate surface area is 143 Å². The smallest absolute Gasteiger partial charge is 0.253 e. The van der Waals surface area contributed by atoms with Crippen LogP contribution in [0.15, 0.2) is 29.6 Å². The number of rotatable bonds is 3. The molecule has 2 aromatic rings. The first-order valence-electron chi connectivity index (χ1n) is 7.73. The van der Waals surface area contributed by atoms with E-state index in [-0.39, 0.29) is 18.9 Å². The third kappa shape index (κ3) is 3.18. The van der Waals surface area contributed by atoms with Gasteiger partial charge < -0.3 is 15.7 Å². The van der Waals surface area contributed by atoms with E-state index < -0.39 is 11.5 Å². The first-order chi connectivity index (χ1) is 11.4. The molecular weight excluding hydrogens is 326 g/mol. The molecule has 3 rings (SSSR count). The SMILES string of the molecule is Cc1nc(-c2cccc(C(=O)N3CCCC(O)(C(N)=O)C3)c2)cs1. The van der Waals surface area contributed by atoms with E-state index in [0.717, 1.165) is 16.3 Å². The predicted octanol–water partition coefficient (Wildman–Crippen LogP) is 1.57. The second kappa shape index (κ2) is 6.33. The minimum absolute atomic E-state index is 0.0683. The number of likely N-dealkylation sites (tertiary alicyclic amines) is 1. The monoisotopic (exact) mass is 345 g/mol. The van der Waals surface area contributed by atoms with E-state index >= 15 is 0 Å². The number of β-amino-alcohol motifs (C(OH)–C–C–N with tert-alkyl or cyclic N) is 1. The van der Waals surface area contributed by atoms with Gasteiger partial charge in [0, 0.05) is 23.1 Å². The molecule has 0 radical (unpaired) electrons. The number of benzene rings is 1. The Hall–Kier alpha value is -2.25. The van der Waals surface area contributed by atoms with Crippen LogP contribution in [0.1, 0.15) is 28.2 Å². The van der Waals surface area contributed by atoms with Gasteiger partial charge in [-0.3, -0.25) is 9.59 Å². The molecule has 1 aromatic heterocycles. The van der Waals surface area contributed by atoms with Crippen LogP contribution in [0.5, 0.6) is 0 Å².